The van der Waals surface area contributed by atoms with E-state index in [1.54, 1.807) is 0 Å². The Bertz CT molecular complexity index is 3280. The molecule has 1 aliphatic heterocycles. The lowest BCUT2D eigenvalue weighted by atomic mass is 9.78. The lowest BCUT2D eigenvalue weighted by molar-refractivity contribution is 0.567. The monoisotopic (exact) mass is 889 g/mol. The van der Waals surface area contributed by atoms with Crippen LogP contribution >= 0.6 is 0 Å². The van der Waals surface area contributed by atoms with Gasteiger partial charge in [0.25, 0.3) is 0 Å². The molecule has 0 radical (unpaired) electrons. The molecule has 4 nitrogen and oxygen atoms in total. The minimum atomic E-state index is -0.0808. The highest BCUT2D eigenvalue weighted by atomic mass is 14.8. The van der Waals surface area contributed by atoms with E-state index in [1.807, 2.05) is 24.3 Å². The summed E-state index contributed by atoms with van der Waals surface area (Å²) in [6.07, 6.45) is 11.8. The van der Waals surface area contributed by atoms with Crippen molar-refractivity contribution in [2.45, 2.75) is 105 Å². The smallest absolute Gasteiger partial charge is 0.0485 e. The molecule has 4 aromatic carbocycles. The van der Waals surface area contributed by atoms with Crippen molar-refractivity contribution in [2.75, 3.05) is 0 Å². The first-order valence-corrected chi connectivity index (χ1v) is 23.8. The molecule has 0 saturated carbocycles. The Morgan fingerprint density at radius 1 is 0.294 bits per heavy atom. The van der Waals surface area contributed by atoms with E-state index in [4.69, 9.17) is 12.8 Å². The maximum absolute atomic E-state index is 5.90. The standard InChI is InChI=1S/C64H64N4/c1-15-39-17-21-41(22-18-39)57-49-25-29-53(65-49)59(43-33-45(61(3,4)5)37-46(34-43)62(6,7)8)55-31-27-51(67-55)58(42-23-19-40(16-2)20-24-42)52-28-32-56(68-52)60(54-30-26-50(57)66-54)44-35-47(63(9,10)11)38-48(36-44)64(12,13)14/h1-2,17-38,65-68H,3-14H3. The summed E-state index contributed by atoms with van der Waals surface area (Å²) in [5, 5.41) is 3.96. The van der Waals surface area contributed by atoms with Gasteiger partial charge in [0.15, 0.2) is 0 Å². The third-order valence-corrected chi connectivity index (χ3v) is 13.5. The first-order chi connectivity index (χ1) is 32.1. The first-order valence-electron chi connectivity index (χ1n) is 23.8. The predicted molar refractivity (Wildman–Crippen MR) is 285 cm³/mol. The number of rotatable bonds is 4. The molecule has 0 spiro atoms. The summed E-state index contributed by atoms with van der Waals surface area (Å²) in [6, 6.07) is 48.7. The van der Waals surface area contributed by atoms with E-state index in [1.165, 1.54) is 22.3 Å². The molecule has 68 heavy (non-hydrogen) atoms. The Morgan fingerprint density at radius 3 is 0.779 bits per heavy atom. The first kappa shape index (κ1) is 45.7. The number of aromatic amines is 4. The van der Waals surface area contributed by atoms with Gasteiger partial charge in [-0.2, -0.15) is 0 Å². The van der Waals surface area contributed by atoms with Crippen LogP contribution in [0.5, 0.6) is 0 Å². The summed E-state index contributed by atoms with van der Waals surface area (Å²) in [6.45, 7) is 27.5. The number of hydrogen-bond donors (Lipinski definition) is 4. The number of hydrogen-bond acceptors (Lipinski definition) is 0. The van der Waals surface area contributed by atoms with Gasteiger partial charge in [-0.25, -0.2) is 0 Å². The zero-order valence-corrected chi connectivity index (χ0v) is 41.9. The van der Waals surface area contributed by atoms with E-state index in [-0.39, 0.29) is 21.7 Å². The van der Waals surface area contributed by atoms with Gasteiger partial charge in [0, 0.05) is 77.6 Å². The van der Waals surface area contributed by atoms with Crippen molar-refractivity contribution in [3.8, 4) is 24.7 Å². The minimum absolute atomic E-state index is 0.0808. The van der Waals surface area contributed by atoms with Crippen LogP contribution in [0.3, 0.4) is 0 Å². The van der Waals surface area contributed by atoms with Crippen molar-refractivity contribution in [1.29, 1.82) is 0 Å². The fourth-order valence-electron chi connectivity index (χ4n) is 9.31. The van der Waals surface area contributed by atoms with Gasteiger partial charge in [0.2, 0.25) is 0 Å². The summed E-state index contributed by atoms with van der Waals surface area (Å²) in [4.78, 5) is 16.0. The van der Waals surface area contributed by atoms with Crippen molar-refractivity contribution < 1.29 is 0 Å². The molecule has 9 rings (SSSR count). The molecule has 5 heterocycles. The molecule has 1 aliphatic rings. The van der Waals surface area contributed by atoms with Gasteiger partial charge >= 0.3 is 0 Å². The predicted octanol–water partition coefficient (Wildman–Crippen LogP) is 11.5. The second-order valence-corrected chi connectivity index (χ2v) is 22.7. The Morgan fingerprint density at radius 2 is 0.544 bits per heavy atom. The molecule has 0 atom stereocenters. The number of benzene rings is 4. The van der Waals surface area contributed by atoms with Crippen LogP contribution in [0.2, 0.25) is 0 Å². The Balaban J connectivity index is 1.46. The highest BCUT2D eigenvalue weighted by Crippen LogP contribution is 2.36. The van der Waals surface area contributed by atoms with Gasteiger partial charge in [0.1, 0.15) is 0 Å². The van der Waals surface area contributed by atoms with Crippen LogP contribution in [0.15, 0.2) is 133 Å². The van der Waals surface area contributed by atoms with Crippen LogP contribution in [0.4, 0.5) is 0 Å². The molecule has 4 aromatic heterocycles. The van der Waals surface area contributed by atoms with Crippen molar-refractivity contribution in [1.82, 2.24) is 19.9 Å². The quantitative estimate of drug-likeness (QED) is 0.127. The van der Waals surface area contributed by atoms with E-state index >= 15 is 0 Å². The SMILES string of the molecule is C#Cc1ccc(C2=c3ccc([nH]3)=C(c3cc(C(C)(C)C)cc(C(C)(C)C)c3)c3ccc([nH]3)C(c3ccc(C#C)cc3)=c3ccc([nH]3)=C(c3cc(C(C)(C)C)cc(C(C)(C)C)c3)c3ccc2[nH]3)cc1. The summed E-state index contributed by atoms with van der Waals surface area (Å²) < 4.78 is 0. The van der Waals surface area contributed by atoms with Crippen LogP contribution < -0.4 is 21.4 Å². The van der Waals surface area contributed by atoms with Gasteiger partial charge in [-0.3, -0.25) is 0 Å². The van der Waals surface area contributed by atoms with Gasteiger partial charge in [0.05, 0.1) is 0 Å². The van der Waals surface area contributed by atoms with Gasteiger partial charge in [-0.15, -0.1) is 12.8 Å². The molecule has 8 bridgehead atoms. The zero-order chi connectivity index (χ0) is 48.5. The van der Waals surface area contributed by atoms with Crippen molar-refractivity contribution in [2.24, 2.45) is 0 Å². The van der Waals surface area contributed by atoms with Crippen molar-refractivity contribution in [3.05, 3.63) is 233 Å². The average molecular weight is 889 g/mol. The largest absolute Gasteiger partial charge is 0.354 e. The van der Waals surface area contributed by atoms with Gasteiger partial charge < -0.3 is 19.9 Å². The number of fused-ring (bicyclic) bond motifs is 8. The summed E-state index contributed by atoms with van der Waals surface area (Å²) in [5.41, 5.74) is 19.1. The van der Waals surface area contributed by atoms with Crippen molar-refractivity contribution in [3.63, 3.8) is 0 Å². The van der Waals surface area contributed by atoms with Crippen LogP contribution in [0.25, 0.3) is 22.3 Å². The van der Waals surface area contributed by atoms with Crippen LogP contribution in [-0.4, -0.2) is 19.9 Å². The fourth-order valence-corrected chi connectivity index (χ4v) is 9.31. The van der Waals surface area contributed by atoms with E-state index in [0.717, 1.165) is 99.8 Å². The Kier molecular flexibility index (Phi) is 11.3. The van der Waals surface area contributed by atoms with E-state index in [0.29, 0.717) is 0 Å². The van der Waals surface area contributed by atoms with Crippen molar-refractivity contribution >= 4 is 22.3 Å². The molecule has 0 fully saturated rings. The number of nitrogens with one attached hydrogen (secondary N) is 4. The molecule has 0 aliphatic carbocycles. The van der Waals surface area contributed by atoms with E-state index < -0.39 is 0 Å². The third-order valence-electron chi connectivity index (χ3n) is 13.5. The second kappa shape index (κ2) is 16.7. The topological polar surface area (TPSA) is 63.2 Å². The molecule has 0 amide bonds. The molecule has 0 unspecified atom stereocenters. The summed E-state index contributed by atoms with van der Waals surface area (Å²) >= 11 is 0. The average Bonchev–Trinajstić information content (AvgIpc) is 4.14. The lowest BCUT2D eigenvalue weighted by Gasteiger charge is -2.26. The molecule has 8 aromatic rings. The van der Waals surface area contributed by atoms with E-state index in [9.17, 15) is 0 Å². The van der Waals surface area contributed by atoms with Gasteiger partial charge in [-0.05, 0) is 139 Å². The highest BCUT2D eigenvalue weighted by molar-refractivity contribution is 5.85. The second-order valence-electron chi connectivity index (χ2n) is 22.7. The molecule has 0 saturated heterocycles. The molecule has 340 valence electrons. The lowest BCUT2D eigenvalue weighted by Crippen LogP contribution is -2.21. The maximum Gasteiger partial charge on any atom is 0.0485 e. The Labute approximate surface area is 403 Å². The molecule has 4 heteroatoms. The van der Waals surface area contributed by atoms with E-state index in [2.05, 4.69) is 224 Å². The number of H-pyrrole nitrogens is 4. The Hall–Kier alpha value is -7.40. The number of aromatic nitrogens is 4. The highest BCUT2D eigenvalue weighted by Gasteiger charge is 2.26. The summed E-state index contributed by atoms with van der Waals surface area (Å²) in [5.74, 6) is 5.64. The third kappa shape index (κ3) is 8.80. The molecule has 4 N–H and O–H groups in total. The molecular formula is C64H64N4. The minimum Gasteiger partial charge on any atom is -0.354 e. The molecular weight excluding hydrogens is 825 g/mol. The number of terminal acetylenes is 2. The van der Waals surface area contributed by atoms with Crippen LogP contribution in [0, 0.1) is 24.7 Å². The fraction of sp³-hybridized carbons (Fsp3) is 0.250. The van der Waals surface area contributed by atoms with Gasteiger partial charge in [-0.1, -0.05) is 156 Å². The summed E-state index contributed by atoms with van der Waals surface area (Å²) in [7, 11) is 0. The van der Waals surface area contributed by atoms with Crippen LogP contribution in [-0.2, 0) is 21.7 Å². The normalized spacial score (nSPS) is 13.4. The zero-order valence-electron chi connectivity index (χ0n) is 41.9. The maximum atomic E-state index is 5.90. The van der Waals surface area contributed by atoms with Crippen LogP contribution in [0.1, 0.15) is 161 Å².